The lowest BCUT2D eigenvalue weighted by atomic mass is 10.2. The third-order valence-corrected chi connectivity index (χ3v) is 3.19. The van der Waals surface area contributed by atoms with Crippen molar-refractivity contribution in [1.82, 2.24) is 9.88 Å². The maximum Gasteiger partial charge on any atom is 0.303 e. The van der Waals surface area contributed by atoms with Crippen LogP contribution in [0.2, 0.25) is 0 Å². The first kappa shape index (κ1) is 16.9. The number of carbonyl (C=O) groups excluding carboxylic acids is 1. The van der Waals surface area contributed by atoms with Crippen molar-refractivity contribution in [2.45, 2.75) is 45.6 Å². The average Bonchev–Trinajstić information content (AvgIpc) is 2.42. The maximum absolute atomic E-state index is 11.6. The molecule has 21 heavy (non-hydrogen) atoms. The fourth-order valence-corrected chi connectivity index (χ4v) is 2.02. The van der Waals surface area contributed by atoms with Gasteiger partial charge in [-0.2, -0.15) is 0 Å². The predicted molar refractivity (Wildman–Crippen MR) is 79.2 cm³/mol. The van der Waals surface area contributed by atoms with Crippen LogP contribution in [-0.4, -0.2) is 28.1 Å². The van der Waals surface area contributed by atoms with Crippen LogP contribution in [0.25, 0.3) is 0 Å². The molecule has 0 spiro atoms. The Balaban J connectivity index is 2.18. The molecule has 1 heterocycles. The number of aryl methyl sites for hydroxylation is 1. The number of nitrogens with zero attached hydrogens (tertiary/aromatic N) is 1. The zero-order valence-electron chi connectivity index (χ0n) is 12.3. The lowest BCUT2D eigenvalue weighted by Gasteiger charge is -2.09. The monoisotopic (exact) mass is 294 g/mol. The summed E-state index contributed by atoms with van der Waals surface area (Å²) in [6.07, 6.45) is 2.36. The third kappa shape index (κ3) is 6.74. The van der Waals surface area contributed by atoms with Gasteiger partial charge in [0.1, 0.15) is 0 Å². The molecule has 0 saturated carbocycles. The van der Waals surface area contributed by atoms with E-state index < -0.39 is 5.97 Å². The number of carboxylic acid groups (broad SMARTS) is 1. The van der Waals surface area contributed by atoms with Crippen molar-refractivity contribution in [2.75, 3.05) is 6.54 Å². The van der Waals surface area contributed by atoms with Gasteiger partial charge in [-0.15, -0.1) is 0 Å². The highest BCUT2D eigenvalue weighted by molar-refractivity contribution is 5.75. The van der Waals surface area contributed by atoms with Crippen LogP contribution < -0.4 is 10.9 Å². The van der Waals surface area contributed by atoms with E-state index in [1.807, 2.05) is 13.0 Å². The summed E-state index contributed by atoms with van der Waals surface area (Å²) in [5, 5.41) is 11.2. The minimum absolute atomic E-state index is 0.0203. The van der Waals surface area contributed by atoms with Gasteiger partial charge in [-0.05, 0) is 32.3 Å². The molecule has 1 aromatic heterocycles. The van der Waals surface area contributed by atoms with Gasteiger partial charge in [0.2, 0.25) is 5.91 Å². The molecule has 0 aliphatic rings. The van der Waals surface area contributed by atoms with Crippen LogP contribution in [0.3, 0.4) is 0 Å². The van der Waals surface area contributed by atoms with Crippen molar-refractivity contribution in [2.24, 2.45) is 0 Å². The molecule has 0 bridgehead atoms. The number of carbonyl (C=O) groups is 2. The minimum Gasteiger partial charge on any atom is -0.481 e. The standard InChI is InChI=1S/C15H22N2O4/c1-12-6-4-8-14(19)17(12)11-3-2-7-13(18)16-10-5-9-15(20)21/h4,6,8H,2-3,5,7,9-11H2,1H3,(H,16,18)(H,20,21). The summed E-state index contributed by atoms with van der Waals surface area (Å²) in [5.74, 6) is -0.926. The number of aromatic nitrogens is 1. The first-order valence-corrected chi connectivity index (χ1v) is 7.15. The number of hydrogen-bond donors (Lipinski definition) is 2. The zero-order chi connectivity index (χ0) is 15.7. The Morgan fingerprint density at radius 1 is 1.19 bits per heavy atom. The van der Waals surface area contributed by atoms with Crippen LogP contribution in [0.15, 0.2) is 23.0 Å². The molecule has 0 fully saturated rings. The number of amides is 1. The largest absolute Gasteiger partial charge is 0.481 e. The van der Waals surface area contributed by atoms with Crippen molar-refractivity contribution < 1.29 is 14.7 Å². The summed E-state index contributed by atoms with van der Waals surface area (Å²) >= 11 is 0. The molecule has 0 atom stereocenters. The van der Waals surface area contributed by atoms with Crippen LogP contribution in [0.4, 0.5) is 0 Å². The molecular formula is C15H22N2O4. The molecular weight excluding hydrogens is 272 g/mol. The summed E-state index contributed by atoms with van der Waals surface area (Å²) in [6.45, 7) is 2.89. The second-order valence-corrected chi connectivity index (χ2v) is 4.96. The van der Waals surface area contributed by atoms with Gasteiger partial charge < -0.3 is 15.0 Å². The summed E-state index contributed by atoms with van der Waals surface area (Å²) in [5.41, 5.74) is 0.897. The smallest absolute Gasteiger partial charge is 0.303 e. The second-order valence-electron chi connectivity index (χ2n) is 4.96. The number of hydrogen-bond acceptors (Lipinski definition) is 3. The molecule has 0 unspecified atom stereocenters. The van der Waals surface area contributed by atoms with Gasteiger partial charge in [0, 0.05) is 37.7 Å². The summed E-state index contributed by atoms with van der Waals surface area (Å²) in [6, 6.07) is 5.15. The molecule has 6 nitrogen and oxygen atoms in total. The zero-order valence-corrected chi connectivity index (χ0v) is 12.3. The van der Waals surface area contributed by atoms with E-state index >= 15 is 0 Å². The molecule has 0 aliphatic carbocycles. The maximum atomic E-state index is 11.6. The number of pyridine rings is 1. The molecule has 1 rings (SSSR count). The van der Waals surface area contributed by atoms with Gasteiger partial charge in [0.05, 0.1) is 0 Å². The molecule has 116 valence electrons. The number of rotatable bonds is 9. The van der Waals surface area contributed by atoms with E-state index in [1.165, 1.54) is 6.07 Å². The molecule has 0 radical (unpaired) electrons. The highest BCUT2D eigenvalue weighted by Crippen LogP contribution is 2.01. The SMILES string of the molecule is Cc1cccc(=O)n1CCCCC(=O)NCCCC(=O)O. The molecule has 2 N–H and O–H groups in total. The summed E-state index contributed by atoms with van der Waals surface area (Å²) in [7, 11) is 0. The quantitative estimate of drug-likeness (QED) is 0.672. The fourth-order valence-electron chi connectivity index (χ4n) is 2.02. The van der Waals surface area contributed by atoms with Crippen LogP contribution in [0.1, 0.15) is 37.8 Å². The van der Waals surface area contributed by atoms with Crippen LogP contribution in [0, 0.1) is 6.92 Å². The number of carboxylic acids is 1. The Morgan fingerprint density at radius 3 is 2.62 bits per heavy atom. The van der Waals surface area contributed by atoms with Crippen LogP contribution >= 0.6 is 0 Å². The Kier molecular flexibility index (Phi) is 7.21. The topological polar surface area (TPSA) is 88.4 Å². The minimum atomic E-state index is -0.854. The Morgan fingerprint density at radius 2 is 1.95 bits per heavy atom. The Labute approximate surface area is 123 Å². The summed E-state index contributed by atoms with van der Waals surface area (Å²) < 4.78 is 1.70. The number of aliphatic carboxylic acids is 1. The van der Waals surface area contributed by atoms with E-state index in [-0.39, 0.29) is 17.9 Å². The average molecular weight is 294 g/mol. The highest BCUT2D eigenvalue weighted by atomic mass is 16.4. The number of unbranched alkanes of at least 4 members (excludes halogenated alkanes) is 1. The first-order valence-electron chi connectivity index (χ1n) is 7.15. The lowest BCUT2D eigenvalue weighted by Crippen LogP contribution is -2.25. The van der Waals surface area contributed by atoms with E-state index in [0.29, 0.717) is 32.4 Å². The van der Waals surface area contributed by atoms with Crippen molar-refractivity contribution in [3.63, 3.8) is 0 Å². The lowest BCUT2D eigenvalue weighted by molar-refractivity contribution is -0.137. The van der Waals surface area contributed by atoms with Crippen molar-refractivity contribution in [3.8, 4) is 0 Å². The Hall–Kier alpha value is -2.11. The van der Waals surface area contributed by atoms with E-state index in [9.17, 15) is 14.4 Å². The van der Waals surface area contributed by atoms with Gasteiger partial charge >= 0.3 is 5.97 Å². The molecule has 0 saturated heterocycles. The normalized spacial score (nSPS) is 10.3. The third-order valence-electron chi connectivity index (χ3n) is 3.19. The predicted octanol–water partition coefficient (Wildman–Crippen LogP) is 1.31. The van der Waals surface area contributed by atoms with Gasteiger partial charge in [-0.1, -0.05) is 6.07 Å². The Bertz CT molecular complexity index is 537. The van der Waals surface area contributed by atoms with Gasteiger partial charge in [0.15, 0.2) is 0 Å². The number of nitrogens with one attached hydrogen (secondary N) is 1. The van der Waals surface area contributed by atoms with E-state index in [4.69, 9.17) is 5.11 Å². The van der Waals surface area contributed by atoms with Crippen molar-refractivity contribution >= 4 is 11.9 Å². The van der Waals surface area contributed by atoms with E-state index in [2.05, 4.69) is 5.32 Å². The molecule has 6 heteroatoms. The summed E-state index contributed by atoms with van der Waals surface area (Å²) in [4.78, 5) is 33.4. The van der Waals surface area contributed by atoms with Crippen molar-refractivity contribution in [1.29, 1.82) is 0 Å². The van der Waals surface area contributed by atoms with Crippen molar-refractivity contribution in [3.05, 3.63) is 34.2 Å². The molecule has 1 amide bonds. The first-order chi connectivity index (χ1) is 10.0. The van der Waals surface area contributed by atoms with E-state index in [1.54, 1.807) is 10.6 Å². The molecule has 0 aromatic carbocycles. The highest BCUT2D eigenvalue weighted by Gasteiger charge is 2.03. The van der Waals surface area contributed by atoms with Gasteiger partial charge in [-0.3, -0.25) is 14.4 Å². The fraction of sp³-hybridized carbons (Fsp3) is 0.533. The molecule has 1 aromatic rings. The van der Waals surface area contributed by atoms with Gasteiger partial charge in [-0.25, -0.2) is 0 Å². The van der Waals surface area contributed by atoms with E-state index in [0.717, 1.165) is 12.1 Å². The van der Waals surface area contributed by atoms with Crippen LogP contribution in [-0.2, 0) is 16.1 Å². The van der Waals surface area contributed by atoms with Crippen LogP contribution in [0.5, 0.6) is 0 Å². The second kappa shape index (κ2) is 8.94. The van der Waals surface area contributed by atoms with Gasteiger partial charge in [0.25, 0.3) is 5.56 Å². The molecule has 0 aliphatic heterocycles.